The Bertz CT molecular complexity index is 1500. The topological polar surface area (TPSA) is 150 Å². The fraction of sp³-hybridized carbons (Fsp3) is 0.231. The van der Waals surface area contributed by atoms with Crippen LogP contribution in [0.5, 0.6) is 0 Å². The Balaban J connectivity index is 1.91. The fourth-order valence-corrected chi connectivity index (χ4v) is 4.96. The highest BCUT2D eigenvalue weighted by Gasteiger charge is 2.28. The van der Waals surface area contributed by atoms with Crippen molar-refractivity contribution in [3.05, 3.63) is 77.7 Å². The molecular weight excluding hydrogens is 536 g/mol. The third-order valence-electron chi connectivity index (χ3n) is 5.24. The van der Waals surface area contributed by atoms with Crippen molar-refractivity contribution in [2.24, 2.45) is 0 Å². The van der Waals surface area contributed by atoms with Crippen molar-refractivity contribution < 1.29 is 33.2 Å². The van der Waals surface area contributed by atoms with Crippen LogP contribution in [-0.2, 0) is 20.7 Å². The van der Waals surface area contributed by atoms with Crippen molar-refractivity contribution in [2.45, 2.75) is 27.2 Å². The van der Waals surface area contributed by atoms with Crippen molar-refractivity contribution in [2.75, 3.05) is 13.2 Å². The second-order valence-corrected chi connectivity index (χ2v) is 9.20. The molecule has 0 spiro atoms. The summed E-state index contributed by atoms with van der Waals surface area (Å²) in [4.78, 5) is 48.8. The number of non-ortho nitro benzene ring substituents is 1. The van der Waals surface area contributed by atoms with E-state index in [1.165, 1.54) is 30.3 Å². The highest BCUT2D eigenvalue weighted by molar-refractivity contribution is 7.14. The molecule has 0 saturated heterocycles. The van der Waals surface area contributed by atoms with Gasteiger partial charge < -0.3 is 13.9 Å². The number of thiophene rings is 1. The fourth-order valence-electron chi connectivity index (χ4n) is 3.51. The number of allylic oxidation sites excluding steroid dienone is 1. The van der Waals surface area contributed by atoms with E-state index in [0.29, 0.717) is 11.1 Å². The predicted octanol–water partition coefficient (Wildman–Crippen LogP) is 5.95. The first kappa shape index (κ1) is 28.3. The van der Waals surface area contributed by atoms with Gasteiger partial charge in [-0.2, -0.15) is 5.26 Å². The number of benzene rings is 1. The second-order valence-electron chi connectivity index (χ2n) is 7.69. The smallest absolute Gasteiger partial charge is 0.348 e. The maximum atomic E-state index is 13.1. The molecule has 0 amide bonds. The van der Waals surface area contributed by atoms with E-state index < -0.39 is 22.6 Å². The van der Waals surface area contributed by atoms with Crippen LogP contribution in [0.25, 0.3) is 17.4 Å². The number of halogens is 1. The highest BCUT2D eigenvalue weighted by atomic mass is 35.5. The number of nitrogens with zero attached hydrogens (tertiary/aromatic N) is 2. The molecule has 0 N–H and O–H groups in total. The maximum Gasteiger partial charge on any atom is 0.348 e. The largest absolute Gasteiger partial charge is 0.462 e. The lowest BCUT2D eigenvalue weighted by Gasteiger charge is -2.05. The summed E-state index contributed by atoms with van der Waals surface area (Å²) in [5, 5.41) is 20.7. The molecule has 0 bridgehead atoms. The van der Waals surface area contributed by atoms with Gasteiger partial charge in [-0.05, 0) is 44.5 Å². The Morgan fingerprint density at radius 1 is 1.16 bits per heavy atom. The van der Waals surface area contributed by atoms with Gasteiger partial charge in [0.05, 0.1) is 34.3 Å². The molecule has 38 heavy (non-hydrogen) atoms. The Morgan fingerprint density at radius 2 is 1.84 bits per heavy atom. The normalized spacial score (nSPS) is 11.1. The van der Waals surface area contributed by atoms with Gasteiger partial charge in [0.1, 0.15) is 22.5 Å². The minimum atomic E-state index is -0.683. The lowest BCUT2D eigenvalue weighted by atomic mass is 10.0. The summed E-state index contributed by atoms with van der Waals surface area (Å²) in [6, 6.07) is 8.79. The van der Waals surface area contributed by atoms with Crippen molar-refractivity contribution >= 4 is 52.4 Å². The van der Waals surface area contributed by atoms with Gasteiger partial charge in [-0.15, -0.1) is 11.3 Å². The molecule has 2 aromatic heterocycles. The van der Waals surface area contributed by atoms with Crippen molar-refractivity contribution in [1.29, 1.82) is 5.26 Å². The summed E-state index contributed by atoms with van der Waals surface area (Å²) in [6.45, 7) is 5.08. The minimum Gasteiger partial charge on any atom is -0.462 e. The van der Waals surface area contributed by atoms with Crippen molar-refractivity contribution in [1.82, 2.24) is 0 Å². The summed E-state index contributed by atoms with van der Waals surface area (Å²) in [5.41, 5.74) is 0.395. The molecule has 10 nitrogen and oxygen atoms in total. The Morgan fingerprint density at radius 3 is 2.45 bits per heavy atom. The Labute approximate surface area is 226 Å². The van der Waals surface area contributed by atoms with Gasteiger partial charge in [-0.25, -0.2) is 9.59 Å². The zero-order valence-corrected chi connectivity index (χ0v) is 22.1. The van der Waals surface area contributed by atoms with Gasteiger partial charge in [0.15, 0.2) is 5.78 Å². The lowest BCUT2D eigenvalue weighted by Crippen LogP contribution is -2.12. The molecule has 196 valence electrons. The monoisotopic (exact) mass is 556 g/mol. The molecule has 0 radical (unpaired) electrons. The first-order chi connectivity index (χ1) is 18.1. The number of hydrogen-bond acceptors (Lipinski definition) is 10. The SMILES string of the molecule is CCOC(=O)c1sc(CC(=O)/C(C#N)=C/c2ccc(-c3ccc([N+](=O)[O-])cc3Cl)o2)c(C(=O)OCC)c1C. The van der Waals surface area contributed by atoms with Gasteiger partial charge >= 0.3 is 11.9 Å². The van der Waals surface area contributed by atoms with Crippen molar-refractivity contribution in [3.8, 4) is 17.4 Å². The van der Waals surface area contributed by atoms with Crippen molar-refractivity contribution in [3.63, 3.8) is 0 Å². The van der Waals surface area contributed by atoms with E-state index in [4.69, 9.17) is 25.5 Å². The summed E-state index contributed by atoms with van der Waals surface area (Å²) < 4.78 is 15.8. The Hall–Kier alpha value is -4.27. The molecule has 1 aromatic carbocycles. The number of carbonyl (C=O) groups excluding carboxylic acids is 3. The molecule has 0 aliphatic rings. The number of nitro benzene ring substituents is 1. The molecule has 0 saturated carbocycles. The first-order valence-electron chi connectivity index (χ1n) is 11.3. The number of nitro groups is 1. The van der Waals surface area contributed by atoms with Crippen LogP contribution in [0.15, 0.2) is 40.3 Å². The zero-order chi connectivity index (χ0) is 28.0. The maximum absolute atomic E-state index is 13.1. The molecule has 0 aliphatic heterocycles. The lowest BCUT2D eigenvalue weighted by molar-refractivity contribution is -0.384. The van der Waals surface area contributed by atoms with E-state index in [1.807, 2.05) is 6.07 Å². The average molecular weight is 557 g/mol. The zero-order valence-electron chi connectivity index (χ0n) is 20.5. The van der Waals surface area contributed by atoms with Gasteiger partial charge in [0, 0.05) is 35.1 Å². The molecule has 0 aliphatic carbocycles. The number of rotatable bonds is 10. The van der Waals surface area contributed by atoms with E-state index in [2.05, 4.69) is 0 Å². The van der Waals surface area contributed by atoms with E-state index >= 15 is 0 Å². The number of ether oxygens (including phenoxy) is 2. The minimum absolute atomic E-state index is 0.0950. The molecular formula is C26H21ClN2O8S. The third kappa shape index (κ3) is 6.16. The van der Waals surface area contributed by atoms with E-state index in [1.54, 1.807) is 26.8 Å². The van der Waals surface area contributed by atoms with Crippen LogP contribution in [0, 0.1) is 28.4 Å². The number of carbonyl (C=O) groups is 3. The van der Waals surface area contributed by atoms with E-state index in [0.717, 1.165) is 11.3 Å². The van der Waals surface area contributed by atoms with Crippen LogP contribution in [0.4, 0.5) is 5.69 Å². The average Bonchev–Trinajstić information content (AvgIpc) is 3.46. The first-order valence-corrected chi connectivity index (χ1v) is 12.5. The summed E-state index contributed by atoms with van der Waals surface area (Å²) >= 11 is 7.09. The van der Waals surface area contributed by atoms with E-state index in [9.17, 15) is 29.8 Å². The van der Waals surface area contributed by atoms with Crippen LogP contribution in [0.3, 0.4) is 0 Å². The quantitative estimate of drug-likeness (QED) is 0.0969. The summed E-state index contributed by atoms with van der Waals surface area (Å²) in [6.07, 6.45) is 0.905. The van der Waals surface area contributed by atoms with Gasteiger partial charge in [-0.1, -0.05) is 11.6 Å². The predicted molar refractivity (Wildman–Crippen MR) is 139 cm³/mol. The van der Waals surface area contributed by atoms with Crippen LogP contribution < -0.4 is 0 Å². The van der Waals surface area contributed by atoms with Gasteiger partial charge in [-0.3, -0.25) is 14.9 Å². The van der Waals surface area contributed by atoms with Crippen LogP contribution in [0.1, 0.15) is 50.1 Å². The standard InChI is InChI=1S/C26H21ClN2O8S/c1-4-35-25(31)23-14(3)24(26(32)36-5-2)38-22(23)12-20(30)15(13-28)10-17-7-9-21(37-17)18-8-6-16(29(33)34)11-19(18)27/h6-11H,4-5,12H2,1-3H3/b15-10+. The number of furan rings is 1. The van der Waals surface area contributed by atoms with Gasteiger partial charge in [0.2, 0.25) is 0 Å². The number of esters is 2. The van der Waals surface area contributed by atoms with E-state index in [-0.39, 0.29) is 62.8 Å². The number of ketones is 1. The molecule has 12 heteroatoms. The molecule has 2 heterocycles. The third-order valence-corrected chi connectivity index (χ3v) is 6.83. The highest BCUT2D eigenvalue weighted by Crippen LogP contribution is 2.33. The second kappa shape index (κ2) is 12.3. The number of nitriles is 1. The van der Waals surface area contributed by atoms with Crippen LogP contribution in [0.2, 0.25) is 5.02 Å². The summed E-state index contributed by atoms with van der Waals surface area (Å²) in [7, 11) is 0. The van der Waals surface area contributed by atoms with Gasteiger partial charge in [0.25, 0.3) is 5.69 Å². The van der Waals surface area contributed by atoms with Crippen LogP contribution in [-0.4, -0.2) is 35.9 Å². The molecule has 3 rings (SSSR count). The molecule has 3 aromatic rings. The molecule has 0 unspecified atom stereocenters. The van der Waals surface area contributed by atoms with Crippen LogP contribution >= 0.6 is 22.9 Å². The summed E-state index contributed by atoms with van der Waals surface area (Å²) in [5.74, 6) is -1.47. The molecule has 0 atom stereocenters. The number of Topliss-reactive ketones (excluding diaryl/α,β-unsaturated/α-hetero) is 1. The number of hydrogen-bond donors (Lipinski definition) is 0. The Kier molecular flexibility index (Phi) is 9.17. The molecule has 0 fully saturated rings.